The average Bonchev–Trinajstić information content (AvgIpc) is 2.64. The number of pyridine rings is 1. The fourth-order valence-corrected chi connectivity index (χ4v) is 2.87. The highest BCUT2D eigenvalue weighted by atomic mass is 16.5. The molecule has 3 aromatic rings. The minimum absolute atomic E-state index is 0.122. The van der Waals surface area contributed by atoms with Crippen molar-refractivity contribution in [3.63, 3.8) is 0 Å². The van der Waals surface area contributed by atoms with Gasteiger partial charge in [0.2, 0.25) is 0 Å². The molecular weight excluding hydrogens is 318 g/mol. The van der Waals surface area contributed by atoms with Crippen molar-refractivity contribution in [3.05, 3.63) is 53.9 Å². The number of fused-ring (bicyclic) bond motifs is 1. The van der Waals surface area contributed by atoms with Crippen molar-refractivity contribution in [2.24, 2.45) is 0 Å². The Bertz CT molecular complexity index is 870. The van der Waals surface area contributed by atoms with Gasteiger partial charge in [0.1, 0.15) is 11.5 Å². The minimum Gasteiger partial charge on any atom is -0.504 e. The van der Waals surface area contributed by atoms with E-state index in [1.54, 1.807) is 26.5 Å². The predicted octanol–water partition coefficient (Wildman–Crippen LogP) is 3.95. The third-order valence-corrected chi connectivity index (χ3v) is 4.07. The molecule has 5 heteroatoms. The summed E-state index contributed by atoms with van der Waals surface area (Å²) in [6.07, 6.45) is 4.11. The molecule has 1 N–H and O–H groups in total. The second-order valence-corrected chi connectivity index (χ2v) is 5.64. The Kier molecular flexibility index (Phi) is 4.93. The lowest BCUT2D eigenvalue weighted by Gasteiger charge is -2.12. The van der Waals surface area contributed by atoms with Crippen LogP contribution in [0.2, 0.25) is 0 Å². The molecule has 0 radical (unpaired) electrons. The Hall–Kier alpha value is -2.95. The quantitative estimate of drug-likeness (QED) is 0.737. The number of benzene rings is 2. The Morgan fingerprint density at radius 2 is 1.68 bits per heavy atom. The summed E-state index contributed by atoms with van der Waals surface area (Å²) in [5.74, 6) is 2.07. The molecule has 0 aliphatic rings. The number of methoxy groups -OCH3 is 2. The summed E-state index contributed by atoms with van der Waals surface area (Å²) in [5.41, 5.74) is 2.05. The van der Waals surface area contributed by atoms with Gasteiger partial charge in [0, 0.05) is 23.8 Å². The van der Waals surface area contributed by atoms with Crippen LogP contribution in [0.1, 0.15) is 18.1 Å². The van der Waals surface area contributed by atoms with E-state index in [4.69, 9.17) is 14.2 Å². The summed E-state index contributed by atoms with van der Waals surface area (Å²) in [4.78, 5) is 4.28. The lowest BCUT2D eigenvalue weighted by molar-refractivity contribution is 0.320. The lowest BCUT2D eigenvalue weighted by atomic mass is 10.00. The topological polar surface area (TPSA) is 60.8 Å². The predicted molar refractivity (Wildman–Crippen MR) is 96.9 cm³/mol. The molecule has 0 amide bonds. The largest absolute Gasteiger partial charge is 0.504 e. The van der Waals surface area contributed by atoms with Crippen molar-refractivity contribution in [1.82, 2.24) is 4.98 Å². The van der Waals surface area contributed by atoms with Crippen molar-refractivity contribution >= 4 is 10.8 Å². The molecule has 0 aliphatic heterocycles. The fourth-order valence-electron chi connectivity index (χ4n) is 2.87. The molecule has 5 nitrogen and oxygen atoms in total. The molecule has 0 saturated carbocycles. The normalized spacial score (nSPS) is 10.7. The highest BCUT2D eigenvalue weighted by Crippen LogP contribution is 2.36. The van der Waals surface area contributed by atoms with Crippen molar-refractivity contribution in [2.45, 2.75) is 13.3 Å². The molecular formula is C20H21NO4. The molecule has 0 spiro atoms. The van der Waals surface area contributed by atoms with Crippen LogP contribution in [0.4, 0.5) is 0 Å². The molecule has 130 valence electrons. The van der Waals surface area contributed by atoms with Crippen LogP contribution in [0.25, 0.3) is 10.8 Å². The van der Waals surface area contributed by atoms with E-state index in [9.17, 15) is 5.11 Å². The number of phenols is 1. The highest BCUT2D eigenvalue weighted by Gasteiger charge is 2.12. The second-order valence-electron chi connectivity index (χ2n) is 5.64. The molecule has 2 aromatic carbocycles. The maximum absolute atomic E-state index is 10.4. The monoisotopic (exact) mass is 339 g/mol. The van der Waals surface area contributed by atoms with Gasteiger partial charge in [0.05, 0.1) is 20.8 Å². The summed E-state index contributed by atoms with van der Waals surface area (Å²) >= 11 is 0. The first-order valence-electron chi connectivity index (χ1n) is 8.09. The summed E-state index contributed by atoms with van der Waals surface area (Å²) in [6, 6.07) is 9.52. The fraction of sp³-hybridized carbons (Fsp3) is 0.250. The first kappa shape index (κ1) is 16.9. The van der Waals surface area contributed by atoms with E-state index < -0.39 is 0 Å². The minimum atomic E-state index is 0.122. The molecule has 0 atom stereocenters. The Morgan fingerprint density at radius 3 is 2.32 bits per heavy atom. The van der Waals surface area contributed by atoms with Crippen LogP contribution >= 0.6 is 0 Å². The van der Waals surface area contributed by atoms with Gasteiger partial charge in [-0.2, -0.15) is 0 Å². The third kappa shape index (κ3) is 3.45. The van der Waals surface area contributed by atoms with Crippen LogP contribution in [0.3, 0.4) is 0 Å². The van der Waals surface area contributed by atoms with Gasteiger partial charge < -0.3 is 19.3 Å². The Labute approximate surface area is 146 Å². The number of aromatic hydroxyl groups is 1. The molecule has 0 unspecified atom stereocenters. The summed E-state index contributed by atoms with van der Waals surface area (Å²) in [7, 11) is 3.26. The smallest absolute Gasteiger partial charge is 0.167 e. The Balaban J connectivity index is 2.03. The maximum Gasteiger partial charge on any atom is 0.167 e. The van der Waals surface area contributed by atoms with Gasteiger partial charge in [-0.3, -0.25) is 4.98 Å². The van der Waals surface area contributed by atoms with Gasteiger partial charge in [-0.1, -0.05) is 6.07 Å². The second kappa shape index (κ2) is 7.30. The number of phenolic OH excluding ortho intramolecular Hbond substituents is 1. The van der Waals surface area contributed by atoms with E-state index in [-0.39, 0.29) is 5.75 Å². The molecule has 0 bridgehead atoms. The van der Waals surface area contributed by atoms with E-state index in [2.05, 4.69) is 4.98 Å². The van der Waals surface area contributed by atoms with E-state index >= 15 is 0 Å². The van der Waals surface area contributed by atoms with Crippen LogP contribution in [0, 0.1) is 0 Å². The van der Waals surface area contributed by atoms with Gasteiger partial charge in [-0.15, -0.1) is 0 Å². The van der Waals surface area contributed by atoms with Crippen LogP contribution in [-0.2, 0) is 6.42 Å². The van der Waals surface area contributed by atoms with Gasteiger partial charge in [-0.05, 0) is 48.1 Å². The summed E-state index contributed by atoms with van der Waals surface area (Å²) in [5, 5.41) is 12.1. The van der Waals surface area contributed by atoms with Gasteiger partial charge in [0.15, 0.2) is 11.5 Å². The van der Waals surface area contributed by atoms with Crippen LogP contribution in [0.15, 0.2) is 42.7 Å². The number of nitrogens with zero attached hydrogens (tertiary/aromatic N) is 1. The number of hydrogen-bond acceptors (Lipinski definition) is 5. The zero-order valence-electron chi connectivity index (χ0n) is 14.6. The maximum atomic E-state index is 10.4. The first-order valence-corrected chi connectivity index (χ1v) is 8.09. The first-order chi connectivity index (χ1) is 12.2. The zero-order valence-corrected chi connectivity index (χ0v) is 14.6. The Morgan fingerprint density at radius 1 is 0.960 bits per heavy atom. The van der Waals surface area contributed by atoms with Crippen molar-refractivity contribution in [2.75, 3.05) is 20.8 Å². The van der Waals surface area contributed by atoms with Crippen LogP contribution in [-0.4, -0.2) is 30.9 Å². The molecule has 0 fully saturated rings. The SMILES string of the molecule is CCOc1ccc2c(Cc3cc(OC)cc(OC)c3)cncc2c1O. The van der Waals surface area contributed by atoms with Crippen LogP contribution < -0.4 is 14.2 Å². The van der Waals surface area contributed by atoms with E-state index in [0.717, 1.165) is 28.0 Å². The third-order valence-electron chi connectivity index (χ3n) is 4.07. The number of hydrogen-bond donors (Lipinski definition) is 1. The molecule has 0 saturated heterocycles. The van der Waals surface area contributed by atoms with Crippen molar-refractivity contribution in [1.29, 1.82) is 0 Å². The lowest BCUT2D eigenvalue weighted by Crippen LogP contribution is -1.96. The summed E-state index contributed by atoms with van der Waals surface area (Å²) < 4.78 is 16.1. The van der Waals surface area contributed by atoms with Crippen molar-refractivity contribution < 1.29 is 19.3 Å². The van der Waals surface area contributed by atoms with Gasteiger partial charge >= 0.3 is 0 Å². The van der Waals surface area contributed by atoms with Crippen molar-refractivity contribution in [3.8, 4) is 23.0 Å². The van der Waals surface area contributed by atoms with Gasteiger partial charge in [0.25, 0.3) is 0 Å². The molecule has 1 aromatic heterocycles. The van der Waals surface area contributed by atoms with E-state index in [1.807, 2.05) is 37.4 Å². The molecule has 1 heterocycles. The molecule has 0 aliphatic carbocycles. The van der Waals surface area contributed by atoms with Gasteiger partial charge in [-0.25, -0.2) is 0 Å². The number of rotatable bonds is 6. The van der Waals surface area contributed by atoms with E-state index in [0.29, 0.717) is 24.2 Å². The highest BCUT2D eigenvalue weighted by molar-refractivity contribution is 5.92. The zero-order chi connectivity index (χ0) is 17.8. The average molecular weight is 339 g/mol. The van der Waals surface area contributed by atoms with E-state index in [1.165, 1.54) is 0 Å². The standard InChI is InChI=1S/C20H21NO4/c1-4-25-19-6-5-17-14(11-21-12-18(17)20(19)22)7-13-8-15(23-2)10-16(9-13)24-3/h5-6,8-12,22H,4,7H2,1-3H3. The molecule has 3 rings (SSSR count). The summed E-state index contributed by atoms with van der Waals surface area (Å²) in [6.45, 7) is 2.38. The number of ether oxygens (including phenoxy) is 3. The molecule has 25 heavy (non-hydrogen) atoms. The van der Waals surface area contributed by atoms with Crippen LogP contribution in [0.5, 0.6) is 23.0 Å². The number of aromatic nitrogens is 1.